The Morgan fingerprint density at radius 1 is 1.03 bits per heavy atom. The summed E-state index contributed by atoms with van der Waals surface area (Å²) in [6.45, 7) is -0.0590. The number of rotatable bonds is 9. The van der Waals surface area contributed by atoms with Crippen LogP contribution in [0.25, 0.3) is 6.08 Å². The largest absolute Gasteiger partial charge is 0.493 e. The Bertz CT molecular complexity index is 991. The zero-order valence-corrected chi connectivity index (χ0v) is 17.0. The predicted octanol–water partition coefficient (Wildman–Crippen LogP) is 2.67. The zero-order chi connectivity index (χ0) is 21.5. The van der Waals surface area contributed by atoms with E-state index in [0.717, 1.165) is 16.7 Å². The molecule has 0 spiro atoms. The van der Waals surface area contributed by atoms with E-state index in [1.807, 2.05) is 6.07 Å². The van der Waals surface area contributed by atoms with Gasteiger partial charge >= 0.3 is 0 Å². The van der Waals surface area contributed by atoms with Gasteiger partial charge in [0.25, 0.3) is 17.1 Å². The Morgan fingerprint density at radius 2 is 1.70 bits per heavy atom. The van der Waals surface area contributed by atoms with Crippen molar-refractivity contribution in [3.05, 3.63) is 59.0 Å². The Morgan fingerprint density at radius 3 is 2.40 bits per heavy atom. The lowest BCUT2D eigenvalue weighted by molar-refractivity contribution is -0.123. The number of amides is 3. The molecule has 0 atom stereocenters. The molecule has 1 heterocycles. The van der Waals surface area contributed by atoms with Crippen molar-refractivity contribution in [2.45, 2.75) is 0 Å². The fourth-order valence-electron chi connectivity index (χ4n) is 2.70. The third-order valence-corrected chi connectivity index (χ3v) is 5.00. The summed E-state index contributed by atoms with van der Waals surface area (Å²) in [6, 6.07) is 14.0. The molecule has 0 unspecified atom stereocenters. The van der Waals surface area contributed by atoms with Gasteiger partial charge in [0.2, 0.25) is 0 Å². The third kappa shape index (κ3) is 5.12. The average molecular weight is 428 g/mol. The number of ether oxygens (including phenoxy) is 3. The standard InChI is InChI=1S/C21H20N2O6S/c1-27-16-8-4-5-9-17(16)28-11-10-23-20(25)18(30-21(23)26)12-14-6-2-3-7-15(14)29-13-19(22)24/h2-9,12H,10-11,13H2,1H3,(H2,22,24)/b18-12-. The number of hydrogen-bond donors (Lipinski definition) is 1. The molecule has 2 N–H and O–H groups in total. The quantitative estimate of drug-likeness (QED) is 0.612. The molecule has 0 bridgehead atoms. The third-order valence-electron chi connectivity index (χ3n) is 4.09. The van der Waals surface area contributed by atoms with Gasteiger partial charge in [0.15, 0.2) is 18.1 Å². The van der Waals surface area contributed by atoms with Crippen LogP contribution in [-0.4, -0.2) is 48.8 Å². The average Bonchev–Trinajstić information content (AvgIpc) is 3.00. The molecule has 3 rings (SSSR count). The summed E-state index contributed by atoms with van der Waals surface area (Å²) in [5.41, 5.74) is 5.67. The fraction of sp³-hybridized carbons (Fsp3) is 0.190. The number of carbonyl (C=O) groups is 3. The summed E-state index contributed by atoms with van der Waals surface area (Å²) in [7, 11) is 1.54. The van der Waals surface area contributed by atoms with Crippen LogP contribution in [0, 0.1) is 0 Å². The van der Waals surface area contributed by atoms with Crippen molar-refractivity contribution >= 4 is 34.9 Å². The number of thioether (sulfide) groups is 1. The van der Waals surface area contributed by atoms with E-state index in [9.17, 15) is 14.4 Å². The SMILES string of the molecule is COc1ccccc1OCCN1C(=O)S/C(=C\c2ccccc2OCC(N)=O)C1=O. The van der Waals surface area contributed by atoms with E-state index in [1.165, 1.54) is 7.11 Å². The highest BCUT2D eigenvalue weighted by atomic mass is 32.2. The van der Waals surface area contributed by atoms with Crippen LogP contribution in [-0.2, 0) is 9.59 Å². The van der Waals surface area contributed by atoms with Crippen molar-refractivity contribution in [2.24, 2.45) is 5.73 Å². The second-order valence-electron chi connectivity index (χ2n) is 6.13. The lowest BCUT2D eigenvalue weighted by atomic mass is 10.2. The van der Waals surface area contributed by atoms with Crippen molar-refractivity contribution in [1.29, 1.82) is 0 Å². The van der Waals surface area contributed by atoms with E-state index in [0.29, 0.717) is 22.8 Å². The van der Waals surface area contributed by atoms with Crippen LogP contribution >= 0.6 is 11.8 Å². The minimum Gasteiger partial charge on any atom is -0.493 e. The molecule has 156 valence electrons. The summed E-state index contributed by atoms with van der Waals surface area (Å²) < 4.78 is 16.2. The molecule has 30 heavy (non-hydrogen) atoms. The van der Waals surface area contributed by atoms with Gasteiger partial charge in [-0.1, -0.05) is 30.3 Å². The summed E-state index contributed by atoms with van der Waals surface area (Å²) in [5, 5.41) is -0.384. The van der Waals surface area contributed by atoms with Crippen LogP contribution in [0.5, 0.6) is 17.2 Å². The van der Waals surface area contributed by atoms with E-state index >= 15 is 0 Å². The topological polar surface area (TPSA) is 108 Å². The fourth-order valence-corrected chi connectivity index (χ4v) is 3.55. The molecule has 0 radical (unpaired) electrons. The maximum Gasteiger partial charge on any atom is 0.293 e. The smallest absolute Gasteiger partial charge is 0.293 e. The number of nitrogens with zero attached hydrogens (tertiary/aromatic N) is 1. The number of imide groups is 1. The molecule has 1 fully saturated rings. The monoisotopic (exact) mass is 428 g/mol. The van der Waals surface area contributed by atoms with Gasteiger partial charge in [0.05, 0.1) is 18.6 Å². The lowest BCUT2D eigenvalue weighted by Gasteiger charge is -2.14. The van der Waals surface area contributed by atoms with Gasteiger partial charge in [-0.15, -0.1) is 0 Å². The first-order valence-corrected chi connectivity index (χ1v) is 9.82. The number of benzene rings is 2. The zero-order valence-electron chi connectivity index (χ0n) is 16.2. The van der Waals surface area contributed by atoms with Crippen LogP contribution in [0.3, 0.4) is 0 Å². The van der Waals surface area contributed by atoms with Gasteiger partial charge in [0, 0.05) is 5.56 Å². The number of carbonyl (C=O) groups excluding carboxylic acids is 3. The van der Waals surface area contributed by atoms with Crippen LogP contribution in [0.1, 0.15) is 5.56 Å². The summed E-state index contributed by atoms with van der Waals surface area (Å²) in [5.74, 6) is 0.461. The molecule has 0 saturated carbocycles. The Balaban J connectivity index is 1.67. The predicted molar refractivity (Wildman–Crippen MR) is 112 cm³/mol. The van der Waals surface area contributed by atoms with Gasteiger partial charge in [-0.2, -0.15) is 0 Å². The highest BCUT2D eigenvalue weighted by Gasteiger charge is 2.35. The molecule has 0 aromatic heterocycles. The van der Waals surface area contributed by atoms with Crippen LogP contribution in [0.15, 0.2) is 53.4 Å². The number of para-hydroxylation sites is 3. The van der Waals surface area contributed by atoms with Gasteiger partial charge in [0.1, 0.15) is 12.4 Å². The van der Waals surface area contributed by atoms with Crippen LogP contribution < -0.4 is 19.9 Å². The molecule has 9 heteroatoms. The lowest BCUT2D eigenvalue weighted by Crippen LogP contribution is -2.32. The minimum atomic E-state index is -0.611. The second-order valence-corrected chi connectivity index (χ2v) is 7.12. The second kappa shape index (κ2) is 9.84. The van der Waals surface area contributed by atoms with Crippen molar-refractivity contribution in [3.63, 3.8) is 0 Å². The van der Waals surface area contributed by atoms with Crippen molar-refractivity contribution in [1.82, 2.24) is 4.90 Å². The first-order chi connectivity index (χ1) is 14.5. The molecule has 1 aliphatic heterocycles. The molecular formula is C21H20N2O6S. The summed E-state index contributed by atoms with van der Waals surface area (Å²) >= 11 is 0.835. The molecule has 1 saturated heterocycles. The van der Waals surface area contributed by atoms with Gasteiger partial charge < -0.3 is 19.9 Å². The molecular weight excluding hydrogens is 408 g/mol. The minimum absolute atomic E-state index is 0.0971. The molecule has 2 aromatic rings. The van der Waals surface area contributed by atoms with E-state index in [-0.39, 0.29) is 29.9 Å². The van der Waals surface area contributed by atoms with Crippen molar-refractivity contribution < 1.29 is 28.6 Å². The summed E-state index contributed by atoms with van der Waals surface area (Å²) in [6.07, 6.45) is 1.56. The van der Waals surface area contributed by atoms with Crippen molar-refractivity contribution in [2.75, 3.05) is 26.9 Å². The first-order valence-electron chi connectivity index (χ1n) is 9.01. The number of methoxy groups -OCH3 is 1. The molecule has 0 aliphatic carbocycles. The van der Waals surface area contributed by atoms with E-state index < -0.39 is 11.8 Å². The van der Waals surface area contributed by atoms with Crippen LogP contribution in [0.4, 0.5) is 4.79 Å². The number of hydrogen-bond acceptors (Lipinski definition) is 7. The molecule has 3 amide bonds. The maximum absolute atomic E-state index is 12.7. The number of primary amides is 1. The highest BCUT2D eigenvalue weighted by Crippen LogP contribution is 2.34. The molecule has 8 nitrogen and oxygen atoms in total. The Hall–Kier alpha value is -3.46. The van der Waals surface area contributed by atoms with Crippen molar-refractivity contribution in [3.8, 4) is 17.2 Å². The normalized spacial score (nSPS) is 14.8. The molecule has 2 aromatic carbocycles. The van der Waals surface area contributed by atoms with E-state index in [2.05, 4.69) is 0 Å². The van der Waals surface area contributed by atoms with Gasteiger partial charge in [-0.05, 0) is 36.0 Å². The first kappa shape index (κ1) is 21.3. The van der Waals surface area contributed by atoms with Gasteiger partial charge in [-0.3, -0.25) is 19.3 Å². The van der Waals surface area contributed by atoms with Crippen LogP contribution in [0.2, 0.25) is 0 Å². The molecule has 1 aliphatic rings. The van der Waals surface area contributed by atoms with E-state index in [1.54, 1.807) is 48.5 Å². The van der Waals surface area contributed by atoms with Gasteiger partial charge in [-0.25, -0.2) is 0 Å². The Labute approximate surface area is 177 Å². The highest BCUT2D eigenvalue weighted by molar-refractivity contribution is 8.18. The maximum atomic E-state index is 12.7. The summed E-state index contributed by atoms with van der Waals surface area (Å²) in [4.78, 5) is 37.3. The van der Waals surface area contributed by atoms with E-state index in [4.69, 9.17) is 19.9 Å². The Kier molecular flexibility index (Phi) is 6.97. The number of nitrogens with two attached hydrogens (primary N) is 1.